The van der Waals surface area contributed by atoms with Crippen molar-refractivity contribution in [2.75, 3.05) is 6.54 Å². The number of carbonyl (C=O) groups is 1. The second-order valence-electron chi connectivity index (χ2n) is 6.17. The molecule has 1 atom stereocenters. The van der Waals surface area contributed by atoms with Gasteiger partial charge in [-0.15, -0.1) is 0 Å². The van der Waals surface area contributed by atoms with Crippen LogP contribution in [0.1, 0.15) is 37.2 Å². The number of carbonyl (C=O) groups excluding carboxylic acids is 1. The summed E-state index contributed by atoms with van der Waals surface area (Å²) >= 11 is 6.21. The normalized spacial score (nSPS) is 17.5. The second-order valence-corrected chi connectivity index (χ2v) is 6.58. The lowest BCUT2D eigenvalue weighted by Gasteiger charge is -2.25. The molecule has 2 aromatic rings. The molecule has 0 unspecified atom stereocenters. The Bertz CT molecular complexity index is 703. The molecule has 1 saturated heterocycles. The smallest absolute Gasteiger partial charge is 0.274 e. The topological polar surface area (TPSA) is 60.2 Å². The van der Waals surface area contributed by atoms with Crippen molar-refractivity contribution in [3.63, 3.8) is 0 Å². The number of aromatic nitrogens is 3. The molecule has 1 aliphatic heterocycles. The van der Waals surface area contributed by atoms with Crippen LogP contribution in [0.15, 0.2) is 30.6 Å². The molecule has 1 aliphatic rings. The average Bonchev–Trinajstić information content (AvgIpc) is 3.20. The van der Waals surface area contributed by atoms with Gasteiger partial charge in [-0.3, -0.25) is 9.48 Å². The fourth-order valence-corrected chi connectivity index (χ4v) is 3.12. The molecule has 0 aliphatic carbocycles. The third kappa shape index (κ3) is 3.70. The number of pyridine rings is 1. The minimum Gasteiger partial charge on any atom is -0.475 e. The summed E-state index contributed by atoms with van der Waals surface area (Å²) in [5.41, 5.74) is 0.252. The molecule has 0 saturated carbocycles. The van der Waals surface area contributed by atoms with Crippen molar-refractivity contribution in [1.29, 1.82) is 0 Å². The third-order valence-corrected chi connectivity index (χ3v) is 4.28. The number of nitrogens with zero attached hydrogens (tertiary/aromatic N) is 4. The van der Waals surface area contributed by atoms with Gasteiger partial charge in [0.25, 0.3) is 5.91 Å². The summed E-state index contributed by atoms with van der Waals surface area (Å²) in [6, 6.07) is 5.33. The number of amides is 1. The quantitative estimate of drug-likeness (QED) is 0.833. The molecule has 0 N–H and O–H groups in total. The van der Waals surface area contributed by atoms with Gasteiger partial charge in [0.05, 0.1) is 23.7 Å². The molecule has 1 amide bonds. The fraction of sp³-hybridized carbons (Fsp3) is 0.471. The third-order valence-electron chi connectivity index (χ3n) is 3.97. The van der Waals surface area contributed by atoms with Crippen molar-refractivity contribution in [2.45, 2.75) is 45.4 Å². The first-order valence-corrected chi connectivity index (χ1v) is 8.54. The van der Waals surface area contributed by atoms with Crippen molar-refractivity contribution < 1.29 is 9.53 Å². The Balaban J connectivity index is 1.79. The van der Waals surface area contributed by atoms with Gasteiger partial charge in [-0.25, -0.2) is 4.98 Å². The largest absolute Gasteiger partial charge is 0.475 e. The van der Waals surface area contributed by atoms with Crippen LogP contribution in [-0.2, 0) is 6.54 Å². The molecule has 128 valence electrons. The van der Waals surface area contributed by atoms with Gasteiger partial charge < -0.3 is 9.64 Å². The second kappa shape index (κ2) is 7.21. The molecular formula is C17H21ClN4O2. The summed E-state index contributed by atoms with van der Waals surface area (Å²) in [5.74, 6) is 0.268. The molecule has 6 nitrogen and oxygen atoms in total. The van der Waals surface area contributed by atoms with Crippen LogP contribution in [0.25, 0.3) is 0 Å². The van der Waals surface area contributed by atoms with E-state index in [9.17, 15) is 4.79 Å². The molecule has 0 aromatic carbocycles. The molecule has 1 fully saturated rings. The summed E-state index contributed by atoms with van der Waals surface area (Å²) in [5, 5.41) is 4.58. The van der Waals surface area contributed by atoms with Crippen LogP contribution >= 0.6 is 11.6 Å². The van der Waals surface area contributed by atoms with Crippen LogP contribution in [0.4, 0.5) is 0 Å². The van der Waals surface area contributed by atoms with Gasteiger partial charge in [0, 0.05) is 25.0 Å². The highest BCUT2D eigenvalue weighted by Gasteiger charge is 2.31. The van der Waals surface area contributed by atoms with Gasteiger partial charge >= 0.3 is 0 Å². The molecule has 0 radical (unpaired) electrons. The van der Waals surface area contributed by atoms with E-state index in [1.54, 1.807) is 18.3 Å². The number of halogens is 1. The molecule has 3 rings (SSSR count). The number of likely N-dealkylation sites (tertiary alicyclic amines) is 1. The molecule has 2 aromatic heterocycles. The predicted molar refractivity (Wildman–Crippen MR) is 91.3 cm³/mol. The lowest BCUT2D eigenvalue weighted by atomic mass is 10.2. The van der Waals surface area contributed by atoms with E-state index in [0.29, 0.717) is 24.0 Å². The van der Waals surface area contributed by atoms with E-state index in [0.717, 1.165) is 12.8 Å². The van der Waals surface area contributed by atoms with Crippen LogP contribution in [0.3, 0.4) is 0 Å². The van der Waals surface area contributed by atoms with Crippen LogP contribution in [0, 0.1) is 0 Å². The Morgan fingerprint density at radius 2 is 2.29 bits per heavy atom. The summed E-state index contributed by atoms with van der Waals surface area (Å²) in [6.45, 7) is 5.22. The van der Waals surface area contributed by atoms with Crippen LogP contribution < -0.4 is 4.74 Å². The SMILES string of the molecule is CC(C)Oc1ccc(Cl)c(C(=O)N2CCC[C@H]2Cn2cccn2)n1. The standard InChI is InChI=1S/C17H21ClN4O2/c1-12(2)24-15-7-6-14(18)16(20-15)17(23)22-10-3-5-13(22)11-21-9-4-8-19-21/h4,6-9,12-13H,3,5,10-11H2,1-2H3/t13-/m0/s1. The van der Waals surface area contributed by atoms with Crippen molar-refractivity contribution >= 4 is 17.5 Å². The first-order valence-electron chi connectivity index (χ1n) is 8.16. The zero-order chi connectivity index (χ0) is 17.1. The van der Waals surface area contributed by atoms with Crippen LogP contribution in [-0.4, -0.2) is 44.3 Å². The van der Waals surface area contributed by atoms with Crippen molar-refractivity contribution in [2.24, 2.45) is 0 Å². The van der Waals surface area contributed by atoms with Crippen LogP contribution in [0.5, 0.6) is 5.88 Å². The van der Waals surface area contributed by atoms with Gasteiger partial charge in [-0.2, -0.15) is 5.10 Å². The zero-order valence-electron chi connectivity index (χ0n) is 13.9. The summed E-state index contributed by atoms with van der Waals surface area (Å²) in [6.07, 6.45) is 5.55. The van der Waals surface area contributed by atoms with Gasteiger partial charge in [0.15, 0.2) is 5.69 Å². The monoisotopic (exact) mass is 348 g/mol. The van der Waals surface area contributed by atoms with Crippen molar-refractivity contribution in [3.8, 4) is 5.88 Å². The minimum absolute atomic E-state index is 0.0130. The van der Waals surface area contributed by atoms with E-state index in [2.05, 4.69) is 10.1 Å². The van der Waals surface area contributed by atoms with E-state index in [1.165, 1.54) is 0 Å². The van der Waals surface area contributed by atoms with E-state index in [4.69, 9.17) is 16.3 Å². The first-order chi connectivity index (χ1) is 11.5. The van der Waals surface area contributed by atoms with E-state index in [1.807, 2.05) is 35.7 Å². The minimum atomic E-state index is -0.149. The Morgan fingerprint density at radius 1 is 1.46 bits per heavy atom. The van der Waals surface area contributed by atoms with E-state index in [-0.39, 0.29) is 23.7 Å². The number of ether oxygens (including phenoxy) is 1. The lowest BCUT2D eigenvalue weighted by molar-refractivity contribution is 0.0714. The summed E-state index contributed by atoms with van der Waals surface area (Å²) in [7, 11) is 0. The highest BCUT2D eigenvalue weighted by molar-refractivity contribution is 6.33. The Labute approximate surface area is 146 Å². The zero-order valence-corrected chi connectivity index (χ0v) is 14.6. The molecule has 0 spiro atoms. The first kappa shape index (κ1) is 16.8. The maximum Gasteiger partial charge on any atom is 0.274 e. The van der Waals surface area contributed by atoms with Gasteiger partial charge in [-0.1, -0.05) is 11.6 Å². The van der Waals surface area contributed by atoms with E-state index >= 15 is 0 Å². The molecule has 3 heterocycles. The maximum atomic E-state index is 12.9. The predicted octanol–water partition coefficient (Wildman–Crippen LogP) is 3.02. The van der Waals surface area contributed by atoms with E-state index < -0.39 is 0 Å². The molecule has 7 heteroatoms. The Kier molecular flexibility index (Phi) is 5.04. The maximum absolute atomic E-state index is 12.9. The summed E-state index contributed by atoms with van der Waals surface area (Å²) in [4.78, 5) is 19.1. The highest BCUT2D eigenvalue weighted by atomic mass is 35.5. The Hall–Kier alpha value is -2.08. The number of hydrogen-bond acceptors (Lipinski definition) is 4. The highest BCUT2D eigenvalue weighted by Crippen LogP contribution is 2.25. The van der Waals surface area contributed by atoms with Crippen molar-refractivity contribution in [1.82, 2.24) is 19.7 Å². The average molecular weight is 349 g/mol. The molecule has 24 heavy (non-hydrogen) atoms. The van der Waals surface area contributed by atoms with Gasteiger partial charge in [0.1, 0.15) is 0 Å². The summed E-state index contributed by atoms with van der Waals surface area (Å²) < 4.78 is 7.43. The number of hydrogen-bond donors (Lipinski definition) is 0. The van der Waals surface area contributed by atoms with Gasteiger partial charge in [-0.05, 0) is 38.8 Å². The molecule has 0 bridgehead atoms. The lowest BCUT2D eigenvalue weighted by Crippen LogP contribution is -2.38. The number of rotatable bonds is 5. The van der Waals surface area contributed by atoms with Crippen LogP contribution in [0.2, 0.25) is 5.02 Å². The van der Waals surface area contributed by atoms with Gasteiger partial charge in [0.2, 0.25) is 5.88 Å². The van der Waals surface area contributed by atoms with Crippen molar-refractivity contribution in [3.05, 3.63) is 41.3 Å². The Morgan fingerprint density at radius 3 is 3.00 bits per heavy atom. The fourth-order valence-electron chi connectivity index (χ4n) is 2.93. The molecular weight excluding hydrogens is 328 g/mol.